The number of aromatic nitrogens is 2. The van der Waals surface area contributed by atoms with Crippen LogP contribution in [0.2, 0.25) is 0 Å². The van der Waals surface area contributed by atoms with Crippen molar-refractivity contribution in [2.24, 2.45) is 0 Å². The van der Waals surface area contributed by atoms with Crippen LogP contribution in [0.4, 0.5) is 4.79 Å². The molecule has 3 heterocycles. The highest BCUT2D eigenvalue weighted by atomic mass is 16.5. The second-order valence-corrected chi connectivity index (χ2v) is 7.95. The van der Waals surface area contributed by atoms with Crippen molar-refractivity contribution >= 4 is 23.0 Å². The van der Waals surface area contributed by atoms with Crippen molar-refractivity contribution in [3.05, 3.63) is 30.1 Å². The number of carboxylic acid groups (broad SMARTS) is 1. The molecule has 0 bridgehead atoms. The van der Waals surface area contributed by atoms with E-state index in [9.17, 15) is 9.59 Å². The lowest BCUT2D eigenvalue weighted by atomic mass is 10.1. The molecule has 2 atom stereocenters. The fourth-order valence-corrected chi connectivity index (χ4v) is 4.18. The summed E-state index contributed by atoms with van der Waals surface area (Å²) in [5, 5.41) is 15.4. The minimum Gasteiger partial charge on any atom is -0.465 e. The summed E-state index contributed by atoms with van der Waals surface area (Å²) in [5.74, 6) is 0.0487. The van der Waals surface area contributed by atoms with E-state index in [0.29, 0.717) is 32.7 Å². The fraction of sp³-hybridized carbons (Fsp3) is 0.571. The first kappa shape index (κ1) is 20.6. The van der Waals surface area contributed by atoms with Gasteiger partial charge in [0.1, 0.15) is 11.8 Å². The molecule has 0 spiro atoms. The Labute approximate surface area is 175 Å². The van der Waals surface area contributed by atoms with E-state index in [-0.39, 0.29) is 18.0 Å². The highest BCUT2D eigenvalue weighted by Crippen LogP contribution is 2.37. The van der Waals surface area contributed by atoms with Gasteiger partial charge in [0, 0.05) is 55.6 Å². The number of aryl methyl sites for hydroxylation is 1. The van der Waals surface area contributed by atoms with Crippen molar-refractivity contribution < 1.29 is 19.4 Å². The molecule has 0 aromatic carbocycles. The predicted molar refractivity (Wildman–Crippen MR) is 111 cm³/mol. The van der Waals surface area contributed by atoms with Crippen LogP contribution in [0.25, 0.3) is 11.0 Å². The first-order chi connectivity index (χ1) is 14.6. The zero-order chi connectivity index (χ0) is 21.1. The molecule has 0 radical (unpaired) electrons. The molecular formula is C21H29N5O4. The molecule has 1 aliphatic carbocycles. The van der Waals surface area contributed by atoms with Gasteiger partial charge in [-0.1, -0.05) is 0 Å². The maximum Gasteiger partial charge on any atom is 0.404 e. The number of hydrogen-bond donors (Lipinski definition) is 3. The molecule has 1 saturated carbocycles. The van der Waals surface area contributed by atoms with Gasteiger partial charge in [0.05, 0.1) is 12.6 Å². The second-order valence-electron chi connectivity index (χ2n) is 7.95. The first-order valence-corrected chi connectivity index (χ1v) is 10.6. The Hall–Kier alpha value is -2.65. The molecule has 2 amide bonds. The molecule has 9 nitrogen and oxygen atoms in total. The summed E-state index contributed by atoms with van der Waals surface area (Å²) >= 11 is 0. The lowest BCUT2D eigenvalue weighted by molar-refractivity contribution is -0.148. The van der Waals surface area contributed by atoms with Crippen molar-refractivity contribution in [1.29, 1.82) is 0 Å². The van der Waals surface area contributed by atoms with Crippen LogP contribution in [0.15, 0.2) is 24.5 Å². The maximum absolute atomic E-state index is 13.3. The minimum atomic E-state index is -1.02. The summed E-state index contributed by atoms with van der Waals surface area (Å²) in [6.07, 6.45) is 5.07. The molecule has 3 N–H and O–H groups in total. The quantitative estimate of drug-likeness (QED) is 0.567. The van der Waals surface area contributed by atoms with E-state index < -0.39 is 12.2 Å². The van der Waals surface area contributed by atoms with Crippen LogP contribution in [-0.4, -0.2) is 69.9 Å². The Morgan fingerprint density at radius 3 is 3.00 bits per heavy atom. The van der Waals surface area contributed by atoms with Gasteiger partial charge in [-0.2, -0.15) is 0 Å². The van der Waals surface area contributed by atoms with Crippen molar-refractivity contribution in [2.45, 2.75) is 50.9 Å². The van der Waals surface area contributed by atoms with Gasteiger partial charge in [-0.3, -0.25) is 4.79 Å². The molecule has 162 valence electrons. The van der Waals surface area contributed by atoms with E-state index in [4.69, 9.17) is 9.84 Å². The third-order valence-corrected chi connectivity index (χ3v) is 5.78. The number of pyridine rings is 1. The Bertz CT molecular complexity index is 904. The number of hydrogen-bond acceptors (Lipinski definition) is 5. The van der Waals surface area contributed by atoms with Crippen LogP contribution >= 0.6 is 0 Å². The average Bonchev–Trinajstić information content (AvgIpc) is 3.52. The number of morpholine rings is 1. The van der Waals surface area contributed by atoms with E-state index in [1.807, 2.05) is 17.0 Å². The standard InChI is InChI=1S/C21H29N5O4/c1-14(26(15-5-6-15)20(27)18-12-22-9-11-30-18)17-13-25(10-3-8-24-21(28)29)19-16(17)4-2-7-23-19/h2,4,7,13-15,18,22,24H,3,5-6,8-12H2,1H3,(H,28,29)/t14?,18-/m1/s1. The molecular weight excluding hydrogens is 386 g/mol. The molecule has 4 rings (SSSR count). The number of nitrogens with one attached hydrogen (secondary N) is 2. The number of carbonyl (C=O) groups excluding carboxylic acids is 1. The van der Waals surface area contributed by atoms with E-state index in [1.54, 1.807) is 6.20 Å². The average molecular weight is 415 g/mol. The normalized spacial score (nSPS) is 20.1. The van der Waals surface area contributed by atoms with Crippen LogP contribution in [-0.2, 0) is 16.1 Å². The van der Waals surface area contributed by atoms with E-state index >= 15 is 0 Å². The number of ether oxygens (including phenoxy) is 1. The number of nitrogens with zero attached hydrogens (tertiary/aromatic N) is 3. The number of amides is 2. The lowest BCUT2D eigenvalue weighted by Crippen LogP contribution is -2.50. The van der Waals surface area contributed by atoms with Gasteiger partial charge < -0.3 is 29.9 Å². The van der Waals surface area contributed by atoms with Crippen molar-refractivity contribution in [2.75, 3.05) is 26.2 Å². The molecule has 9 heteroatoms. The second kappa shape index (κ2) is 9.01. The van der Waals surface area contributed by atoms with Gasteiger partial charge in [0.2, 0.25) is 0 Å². The summed E-state index contributed by atoms with van der Waals surface area (Å²) < 4.78 is 7.79. The number of rotatable bonds is 8. The molecule has 1 aliphatic heterocycles. The zero-order valence-electron chi connectivity index (χ0n) is 17.2. The van der Waals surface area contributed by atoms with Gasteiger partial charge in [-0.25, -0.2) is 9.78 Å². The zero-order valence-corrected chi connectivity index (χ0v) is 17.2. The van der Waals surface area contributed by atoms with Gasteiger partial charge in [0.25, 0.3) is 5.91 Å². The molecule has 30 heavy (non-hydrogen) atoms. The van der Waals surface area contributed by atoms with Crippen LogP contribution < -0.4 is 10.6 Å². The smallest absolute Gasteiger partial charge is 0.404 e. The molecule has 2 aliphatic rings. The molecule has 1 unspecified atom stereocenters. The number of carbonyl (C=O) groups is 2. The van der Waals surface area contributed by atoms with E-state index in [2.05, 4.69) is 33.3 Å². The third-order valence-electron chi connectivity index (χ3n) is 5.78. The highest BCUT2D eigenvalue weighted by Gasteiger charge is 2.40. The Morgan fingerprint density at radius 2 is 2.30 bits per heavy atom. The topological polar surface area (TPSA) is 109 Å². The van der Waals surface area contributed by atoms with Gasteiger partial charge in [-0.15, -0.1) is 0 Å². The predicted octanol–water partition coefficient (Wildman–Crippen LogP) is 1.73. The highest BCUT2D eigenvalue weighted by molar-refractivity contribution is 5.85. The van der Waals surface area contributed by atoms with Crippen molar-refractivity contribution in [3.8, 4) is 0 Å². The molecule has 2 fully saturated rings. The largest absolute Gasteiger partial charge is 0.465 e. The van der Waals surface area contributed by atoms with Crippen LogP contribution in [0.3, 0.4) is 0 Å². The summed E-state index contributed by atoms with van der Waals surface area (Å²) in [7, 11) is 0. The molecule has 1 saturated heterocycles. The van der Waals surface area contributed by atoms with Gasteiger partial charge in [-0.05, 0) is 38.3 Å². The summed E-state index contributed by atoms with van der Waals surface area (Å²) in [4.78, 5) is 30.5. The van der Waals surface area contributed by atoms with E-state index in [1.165, 1.54) is 0 Å². The van der Waals surface area contributed by atoms with Gasteiger partial charge >= 0.3 is 6.09 Å². The first-order valence-electron chi connectivity index (χ1n) is 10.6. The fourth-order valence-electron chi connectivity index (χ4n) is 4.18. The maximum atomic E-state index is 13.3. The van der Waals surface area contributed by atoms with Crippen LogP contribution in [0, 0.1) is 0 Å². The van der Waals surface area contributed by atoms with E-state index in [0.717, 1.165) is 36.0 Å². The summed E-state index contributed by atoms with van der Waals surface area (Å²) in [6, 6.07) is 4.11. The number of fused-ring (bicyclic) bond motifs is 1. The molecule has 2 aromatic heterocycles. The molecule has 2 aromatic rings. The Kier molecular flexibility index (Phi) is 6.19. The Morgan fingerprint density at radius 1 is 1.47 bits per heavy atom. The summed E-state index contributed by atoms with van der Waals surface area (Å²) in [5.41, 5.74) is 1.92. The SMILES string of the molecule is CC(c1cn(CCCNC(=O)O)c2ncccc12)N(C(=O)[C@H]1CNCCO1)C1CC1. The summed E-state index contributed by atoms with van der Waals surface area (Å²) in [6.45, 7) is 4.98. The monoisotopic (exact) mass is 415 g/mol. The van der Waals surface area contributed by atoms with Crippen molar-refractivity contribution in [3.63, 3.8) is 0 Å². The van der Waals surface area contributed by atoms with Gasteiger partial charge in [0.15, 0.2) is 0 Å². The Balaban J connectivity index is 1.57. The van der Waals surface area contributed by atoms with Crippen molar-refractivity contribution in [1.82, 2.24) is 25.1 Å². The van der Waals surface area contributed by atoms with Crippen LogP contribution in [0.1, 0.15) is 37.8 Å². The lowest BCUT2D eigenvalue weighted by Gasteiger charge is -2.34. The third kappa shape index (κ3) is 4.41. The minimum absolute atomic E-state index is 0.0487. The van der Waals surface area contributed by atoms with Crippen LogP contribution in [0.5, 0.6) is 0 Å².